The average Bonchev–Trinajstić information content (AvgIpc) is 3.38. The van der Waals surface area contributed by atoms with E-state index in [1.807, 2.05) is 12.1 Å². The molecule has 0 spiro atoms. The van der Waals surface area contributed by atoms with Gasteiger partial charge in [-0.2, -0.15) is 5.26 Å². The van der Waals surface area contributed by atoms with E-state index >= 15 is 0 Å². The smallest absolute Gasteiger partial charge is 0.201 e. The van der Waals surface area contributed by atoms with Gasteiger partial charge >= 0.3 is 0 Å². The van der Waals surface area contributed by atoms with Gasteiger partial charge in [0.15, 0.2) is 11.5 Å². The van der Waals surface area contributed by atoms with Crippen LogP contribution in [0.4, 0.5) is 0 Å². The average molecular weight is 450 g/mol. The number of hydrogen-bond donors (Lipinski definition) is 1. The number of para-hydroxylation sites is 2. The van der Waals surface area contributed by atoms with Gasteiger partial charge in [0.25, 0.3) is 0 Å². The molecule has 0 bridgehead atoms. The second-order valence-electron chi connectivity index (χ2n) is 8.41. The van der Waals surface area contributed by atoms with Crippen LogP contribution in [0, 0.1) is 11.3 Å². The zero-order valence-electron chi connectivity index (χ0n) is 18.5. The molecule has 0 unspecified atom stereocenters. The number of hydrogen-bond acceptors (Lipinski definition) is 5. The summed E-state index contributed by atoms with van der Waals surface area (Å²) in [5.41, 5.74) is 2.63. The molecule has 4 aromatic rings. The highest BCUT2D eigenvalue weighted by Crippen LogP contribution is 2.35. The SMILES string of the molecule is N#Cc1ccc(-c2c(/C=C/c3cccc(O)c3OC3CCCC3)oc3ccccc3c2=O)cc1. The van der Waals surface area contributed by atoms with Gasteiger partial charge < -0.3 is 14.3 Å². The highest BCUT2D eigenvalue weighted by molar-refractivity contribution is 5.87. The molecule has 0 atom stereocenters. The number of ether oxygens (including phenoxy) is 1. The molecule has 34 heavy (non-hydrogen) atoms. The molecule has 0 saturated heterocycles. The van der Waals surface area contributed by atoms with Crippen molar-refractivity contribution in [2.45, 2.75) is 31.8 Å². The number of aromatic hydroxyl groups is 1. The van der Waals surface area contributed by atoms with E-state index in [2.05, 4.69) is 6.07 Å². The number of phenolic OH excluding ortho intramolecular Hbond substituents is 1. The Hall–Kier alpha value is -4.30. The first-order valence-electron chi connectivity index (χ1n) is 11.4. The highest BCUT2D eigenvalue weighted by atomic mass is 16.5. The number of fused-ring (bicyclic) bond motifs is 1. The van der Waals surface area contributed by atoms with Crippen LogP contribution < -0.4 is 10.2 Å². The monoisotopic (exact) mass is 449 g/mol. The predicted octanol–water partition coefficient (Wildman–Crippen LogP) is 6.53. The molecule has 5 rings (SSSR count). The number of nitriles is 1. The Labute approximate surface area is 197 Å². The van der Waals surface area contributed by atoms with Gasteiger partial charge in [-0.05, 0) is 73.7 Å². The third kappa shape index (κ3) is 4.18. The van der Waals surface area contributed by atoms with E-state index < -0.39 is 0 Å². The summed E-state index contributed by atoms with van der Waals surface area (Å²) in [5, 5.41) is 20.1. The normalized spacial score (nSPS) is 14.0. The molecule has 1 aliphatic carbocycles. The van der Waals surface area contributed by atoms with Crippen LogP contribution in [0.3, 0.4) is 0 Å². The first-order valence-corrected chi connectivity index (χ1v) is 11.4. The van der Waals surface area contributed by atoms with Gasteiger partial charge in [-0.25, -0.2) is 0 Å². The van der Waals surface area contributed by atoms with Gasteiger partial charge in [0.1, 0.15) is 11.3 Å². The molecule has 0 radical (unpaired) electrons. The van der Waals surface area contributed by atoms with Crippen LogP contribution in [-0.2, 0) is 0 Å². The maximum absolute atomic E-state index is 13.4. The Morgan fingerprint density at radius 2 is 1.74 bits per heavy atom. The van der Waals surface area contributed by atoms with Crippen molar-refractivity contribution in [2.75, 3.05) is 0 Å². The van der Waals surface area contributed by atoms with Crippen molar-refractivity contribution >= 4 is 23.1 Å². The zero-order valence-corrected chi connectivity index (χ0v) is 18.5. The summed E-state index contributed by atoms with van der Waals surface area (Å²) in [6, 6.07) is 21.3. The summed E-state index contributed by atoms with van der Waals surface area (Å²) in [7, 11) is 0. The fourth-order valence-corrected chi connectivity index (χ4v) is 4.40. The summed E-state index contributed by atoms with van der Waals surface area (Å²) >= 11 is 0. The first kappa shape index (κ1) is 21.5. The van der Waals surface area contributed by atoms with Gasteiger partial charge in [0, 0.05) is 5.56 Å². The van der Waals surface area contributed by atoms with E-state index in [4.69, 9.17) is 14.4 Å². The van der Waals surface area contributed by atoms with Gasteiger partial charge in [-0.3, -0.25) is 4.79 Å². The zero-order chi connectivity index (χ0) is 23.5. The minimum absolute atomic E-state index is 0.0846. The highest BCUT2D eigenvalue weighted by Gasteiger charge is 2.20. The lowest BCUT2D eigenvalue weighted by atomic mass is 10.00. The summed E-state index contributed by atoms with van der Waals surface area (Å²) in [6.07, 6.45) is 7.81. The van der Waals surface area contributed by atoms with Crippen molar-refractivity contribution in [1.82, 2.24) is 0 Å². The van der Waals surface area contributed by atoms with Crippen LogP contribution in [-0.4, -0.2) is 11.2 Å². The molecule has 5 heteroatoms. The van der Waals surface area contributed by atoms with Gasteiger partial charge in [0.2, 0.25) is 5.43 Å². The molecule has 1 saturated carbocycles. The minimum Gasteiger partial charge on any atom is -0.504 e. The van der Waals surface area contributed by atoms with E-state index in [1.54, 1.807) is 66.7 Å². The van der Waals surface area contributed by atoms with Crippen LogP contribution in [0.5, 0.6) is 11.5 Å². The van der Waals surface area contributed by atoms with Crippen molar-refractivity contribution in [3.8, 4) is 28.7 Å². The van der Waals surface area contributed by atoms with Crippen LogP contribution in [0.1, 0.15) is 42.6 Å². The molecule has 3 aromatic carbocycles. The lowest BCUT2D eigenvalue weighted by Crippen LogP contribution is -2.11. The molecule has 1 aliphatic rings. The molecule has 1 fully saturated rings. The molecule has 0 amide bonds. The fourth-order valence-electron chi connectivity index (χ4n) is 4.40. The van der Waals surface area contributed by atoms with Crippen molar-refractivity contribution in [3.63, 3.8) is 0 Å². The van der Waals surface area contributed by atoms with E-state index in [1.165, 1.54) is 0 Å². The fraction of sp³-hybridized carbons (Fsp3) is 0.172. The summed E-state index contributed by atoms with van der Waals surface area (Å²) in [5.74, 6) is 0.915. The summed E-state index contributed by atoms with van der Waals surface area (Å²) in [4.78, 5) is 13.4. The third-order valence-corrected chi connectivity index (χ3v) is 6.15. The Bertz CT molecular complexity index is 1470. The van der Waals surface area contributed by atoms with E-state index in [0.29, 0.717) is 44.7 Å². The lowest BCUT2D eigenvalue weighted by Gasteiger charge is -2.16. The van der Waals surface area contributed by atoms with Crippen LogP contribution >= 0.6 is 0 Å². The number of nitrogens with zero attached hydrogens (tertiary/aromatic N) is 1. The molecule has 5 nitrogen and oxygen atoms in total. The quantitative estimate of drug-likeness (QED) is 0.374. The van der Waals surface area contributed by atoms with Gasteiger partial charge in [-0.1, -0.05) is 36.4 Å². The number of phenols is 1. The third-order valence-electron chi connectivity index (χ3n) is 6.15. The Kier molecular flexibility index (Phi) is 5.88. The minimum atomic E-state index is -0.149. The van der Waals surface area contributed by atoms with Gasteiger partial charge in [-0.15, -0.1) is 0 Å². The largest absolute Gasteiger partial charge is 0.504 e. The van der Waals surface area contributed by atoms with Gasteiger partial charge in [0.05, 0.1) is 28.7 Å². The lowest BCUT2D eigenvalue weighted by molar-refractivity contribution is 0.201. The van der Waals surface area contributed by atoms with E-state index in [9.17, 15) is 9.90 Å². The topological polar surface area (TPSA) is 83.5 Å². The molecule has 1 heterocycles. The molecular weight excluding hydrogens is 426 g/mol. The van der Waals surface area contributed by atoms with Crippen molar-refractivity contribution in [2.24, 2.45) is 0 Å². The second-order valence-corrected chi connectivity index (χ2v) is 8.41. The predicted molar refractivity (Wildman–Crippen MR) is 133 cm³/mol. The Morgan fingerprint density at radius 3 is 2.50 bits per heavy atom. The molecule has 1 N–H and O–H groups in total. The number of benzene rings is 3. The van der Waals surface area contributed by atoms with Crippen molar-refractivity contribution < 1.29 is 14.3 Å². The second kappa shape index (κ2) is 9.29. The first-order chi connectivity index (χ1) is 16.6. The molecule has 168 valence electrons. The molecule has 1 aromatic heterocycles. The van der Waals surface area contributed by atoms with E-state index in [0.717, 1.165) is 25.7 Å². The van der Waals surface area contributed by atoms with Crippen molar-refractivity contribution in [3.05, 3.63) is 93.8 Å². The maximum Gasteiger partial charge on any atom is 0.201 e. The standard InChI is InChI=1S/C29H23NO4/c30-18-19-12-14-20(15-13-19)27-26(34-25-11-4-3-9-23(25)28(27)32)17-16-21-6-5-10-24(31)29(21)33-22-7-1-2-8-22/h3-6,9-17,22,31H,1-2,7-8H2/b17-16+. The maximum atomic E-state index is 13.4. The molecule has 0 aliphatic heterocycles. The summed E-state index contributed by atoms with van der Waals surface area (Å²) in [6.45, 7) is 0. The van der Waals surface area contributed by atoms with Crippen LogP contribution in [0.15, 0.2) is 75.9 Å². The number of rotatable bonds is 5. The summed E-state index contributed by atoms with van der Waals surface area (Å²) < 4.78 is 12.3. The van der Waals surface area contributed by atoms with Crippen LogP contribution in [0.25, 0.3) is 34.2 Å². The molecular formula is C29H23NO4. The Morgan fingerprint density at radius 1 is 0.971 bits per heavy atom. The van der Waals surface area contributed by atoms with Crippen molar-refractivity contribution in [1.29, 1.82) is 5.26 Å². The van der Waals surface area contributed by atoms with E-state index in [-0.39, 0.29) is 17.3 Å². The Balaban J connectivity index is 1.62. The van der Waals surface area contributed by atoms with Crippen LogP contribution in [0.2, 0.25) is 0 Å².